The highest BCUT2D eigenvalue weighted by molar-refractivity contribution is 7.88. The highest BCUT2D eigenvalue weighted by Crippen LogP contribution is 2.13. The lowest BCUT2D eigenvalue weighted by Crippen LogP contribution is -2.48. The number of nitrogens with two attached hydrogens (primary N) is 1. The smallest absolute Gasteiger partial charge is 0.230 e. The number of hydrogen-bond acceptors (Lipinski definition) is 4. The van der Waals surface area contributed by atoms with Crippen molar-refractivity contribution in [3.63, 3.8) is 0 Å². The first-order valence-corrected chi connectivity index (χ1v) is 7.26. The van der Waals surface area contributed by atoms with Gasteiger partial charge in [-0.3, -0.25) is 4.79 Å². The summed E-state index contributed by atoms with van der Waals surface area (Å²) in [6.07, 6.45) is 0. The summed E-state index contributed by atoms with van der Waals surface area (Å²) in [6, 6.07) is 6.62. The largest absolute Gasteiger partial charge is 0.326 e. The van der Waals surface area contributed by atoms with Crippen molar-refractivity contribution < 1.29 is 13.2 Å². The topological polar surface area (TPSA) is 101 Å². The van der Waals surface area contributed by atoms with Crippen LogP contribution in [0, 0.1) is 5.92 Å². The monoisotopic (exact) mass is 269 g/mol. The van der Waals surface area contributed by atoms with E-state index in [4.69, 9.17) is 5.14 Å². The number of sulfonamides is 1. The van der Waals surface area contributed by atoms with Crippen molar-refractivity contribution in [1.29, 1.82) is 0 Å². The van der Waals surface area contributed by atoms with E-state index in [9.17, 15) is 13.2 Å². The molecule has 0 aliphatic carbocycles. The fourth-order valence-electron chi connectivity index (χ4n) is 1.64. The highest BCUT2D eigenvalue weighted by atomic mass is 32.2. The van der Waals surface area contributed by atoms with Gasteiger partial charge in [-0.05, 0) is 17.7 Å². The second-order valence-electron chi connectivity index (χ2n) is 4.35. The van der Waals surface area contributed by atoms with Crippen LogP contribution in [-0.2, 0) is 20.6 Å². The lowest BCUT2D eigenvalue weighted by molar-refractivity contribution is -0.121. The average molecular weight is 269 g/mol. The molecule has 1 aliphatic rings. The van der Waals surface area contributed by atoms with E-state index in [2.05, 4.69) is 10.6 Å². The molecule has 18 heavy (non-hydrogen) atoms. The first kappa shape index (κ1) is 13.0. The Morgan fingerprint density at radius 3 is 2.39 bits per heavy atom. The summed E-state index contributed by atoms with van der Waals surface area (Å²) in [4.78, 5) is 11.6. The highest BCUT2D eigenvalue weighted by Gasteiger charge is 2.24. The van der Waals surface area contributed by atoms with Gasteiger partial charge in [0, 0.05) is 18.8 Å². The van der Waals surface area contributed by atoms with E-state index in [-0.39, 0.29) is 17.6 Å². The molecule has 1 saturated heterocycles. The molecule has 0 radical (unpaired) electrons. The number of carbonyl (C=O) groups excluding carboxylic acids is 1. The van der Waals surface area contributed by atoms with Crippen LogP contribution in [0.15, 0.2) is 24.3 Å². The Labute approximate surface area is 106 Å². The minimum Gasteiger partial charge on any atom is -0.326 e. The molecule has 1 heterocycles. The molecule has 0 aromatic heterocycles. The van der Waals surface area contributed by atoms with Crippen molar-refractivity contribution in [3.05, 3.63) is 29.8 Å². The number of amides is 1. The second-order valence-corrected chi connectivity index (χ2v) is 5.96. The van der Waals surface area contributed by atoms with Gasteiger partial charge in [0.2, 0.25) is 15.9 Å². The molecule has 4 N–H and O–H groups in total. The molecule has 0 unspecified atom stereocenters. The summed E-state index contributed by atoms with van der Waals surface area (Å²) in [6.45, 7) is 1.41. The lowest BCUT2D eigenvalue weighted by Gasteiger charge is -2.25. The Kier molecular flexibility index (Phi) is 3.65. The van der Waals surface area contributed by atoms with E-state index < -0.39 is 10.0 Å². The van der Waals surface area contributed by atoms with Crippen molar-refractivity contribution in [2.45, 2.75) is 5.75 Å². The van der Waals surface area contributed by atoms with Crippen LogP contribution in [0.4, 0.5) is 5.69 Å². The zero-order valence-electron chi connectivity index (χ0n) is 9.72. The van der Waals surface area contributed by atoms with E-state index in [1.165, 1.54) is 0 Å². The SMILES string of the molecule is NS(=O)(=O)Cc1ccc(NC(=O)C2CNC2)cc1. The lowest BCUT2D eigenvalue weighted by atomic mass is 10.0. The van der Waals surface area contributed by atoms with E-state index in [0.29, 0.717) is 24.3 Å². The molecule has 1 aromatic carbocycles. The van der Waals surface area contributed by atoms with Crippen LogP contribution in [0.1, 0.15) is 5.56 Å². The third kappa shape index (κ3) is 3.52. The Balaban J connectivity index is 1.97. The van der Waals surface area contributed by atoms with Gasteiger partial charge in [-0.2, -0.15) is 0 Å². The molecule has 1 fully saturated rings. The molecular formula is C11H15N3O3S. The fourth-order valence-corrected chi connectivity index (χ4v) is 2.29. The molecule has 0 atom stereocenters. The summed E-state index contributed by atoms with van der Waals surface area (Å²) in [5.74, 6) is -0.199. The van der Waals surface area contributed by atoms with Crippen LogP contribution in [0.3, 0.4) is 0 Å². The predicted octanol–water partition coefficient (Wildman–Crippen LogP) is -0.367. The summed E-state index contributed by atoms with van der Waals surface area (Å²) in [5.41, 5.74) is 1.26. The number of anilines is 1. The van der Waals surface area contributed by atoms with Crippen LogP contribution in [0.5, 0.6) is 0 Å². The number of hydrogen-bond donors (Lipinski definition) is 3. The van der Waals surface area contributed by atoms with Gasteiger partial charge in [-0.25, -0.2) is 13.6 Å². The number of carbonyl (C=O) groups is 1. The van der Waals surface area contributed by atoms with Crippen LogP contribution in [0.25, 0.3) is 0 Å². The van der Waals surface area contributed by atoms with Crippen molar-refractivity contribution in [1.82, 2.24) is 5.32 Å². The first-order valence-electron chi connectivity index (χ1n) is 5.55. The van der Waals surface area contributed by atoms with Crippen LogP contribution >= 0.6 is 0 Å². The molecule has 0 spiro atoms. The average Bonchev–Trinajstić information content (AvgIpc) is 2.16. The van der Waals surface area contributed by atoms with Gasteiger partial charge in [0.25, 0.3) is 0 Å². The van der Waals surface area contributed by atoms with Crippen molar-refractivity contribution in [2.24, 2.45) is 11.1 Å². The van der Waals surface area contributed by atoms with E-state index in [0.717, 1.165) is 0 Å². The summed E-state index contributed by atoms with van der Waals surface area (Å²) in [7, 11) is -3.52. The Morgan fingerprint density at radius 1 is 1.33 bits per heavy atom. The van der Waals surface area contributed by atoms with Gasteiger partial charge in [0.1, 0.15) is 0 Å². The minimum atomic E-state index is -3.52. The van der Waals surface area contributed by atoms with Gasteiger partial charge in [-0.15, -0.1) is 0 Å². The molecule has 0 bridgehead atoms. The van der Waals surface area contributed by atoms with Crippen molar-refractivity contribution >= 4 is 21.6 Å². The van der Waals surface area contributed by atoms with Gasteiger partial charge in [0.05, 0.1) is 11.7 Å². The maximum Gasteiger partial charge on any atom is 0.230 e. The van der Waals surface area contributed by atoms with Gasteiger partial charge in [-0.1, -0.05) is 12.1 Å². The number of primary sulfonamides is 1. The van der Waals surface area contributed by atoms with Gasteiger partial charge < -0.3 is 10.6 Å². The molecule has 98 valence electrons. The second kappa shape index (κ2) is 5.05. The molecular weight excluding hydrogens is 254 g/mol. The third-order valence-electron chi connectivity index (χ3n) is 2.74. The molecule has 7 heteroatoms. The van der Waals surface area contributed by atoms with Crippen LogP contribution in [-0.4, -0.2) is 27.4 Å². The van der Waals surface area contributed by atoms with E-state index in [1.54, 1.807) is 24.3 Å². The normalized spacial score (nSPS) is 16.1. The van der Waals surface area contributed by atoms with Crippen molar-refractivity contribution in [2.75, 3.05) is 18.4 Å². The number of benzene rings is 1. The molecule has 0 saturated carbocycles. The van der Waals surface area contributed by atoms with Crippen molar-refractivity contribution in [3.8, 4) is 0 Å². The Hall–Kier alpha value is -1.44. The minimum absolute atomic E-state index is 0.0204. The van der Waals surface area contributed by atoms with E-state index >= 15 is 0 Å². The third-order valence-corrected chi connectivity index (χ3v) is 3.48. The molecule has 1 aromatic rings. The maximum absolute atomic E-state index is 11.6. The van der Waals surface area contributed by atoms with Gasteiger partial charge in [0.15, 0.2) is 0 Å². The number of nitrogens with one attached hydrogen (secondary N) is 2. The zero-order chi connectivity index (χ0) is 13.2. The summed E-state index contributed by atoms with van der Waals surface area (Å²) in [5, 5.41) is 10.7. The van der Waals surface area contributed by atoms with Gasteiger partial charge >= 0.3 is 0 Å². The summed E-state index contributed by atoms with van der Waals surface area (Å²) < 4.78 is 21.8. The standard InChI is InChI=1S/C11H15N3O3S/c12-18(16,17)7-8-1-3-10(4-2-8)14-11(15)9-5-13-6-9/h1-4,9,13H,5-7H2,(H,14,15)(H2,12,16,17). The quantitative estimate of drug-likeness (QED) is 0.694. The molecule has 6 nitrogen and oxygen atoms in total. The molecule has 1 aliphatic heterocycles. The maximum atomic E-state index is 11.6. The Bertz CT molecular complexity index is 535. The van der Waals surface area contributed by atoms with E-state index in [1.807, 2.05) is 0 Å². The fraction of sp³-hybridized carbons (Fsp3) is 0.364. The van der Waals surface area contributed by atoms with Crippen LogP contribution < -0.4 is 15.8 Å². The summed E-state index contributed by atoms with van der Waals surface area (Å²) >= 11 is 0. The predicted molar refractivity (Wildman–Crippen MR) is 68.2 cm³/mol. The molecule has 2 rings (SSSR count). The van der Waals surface area contributed by atoms with Crippen LogP contribution in [0.2, 0.25) is 0 Å². The Morgan fingerprint density at radius 2 is 1.94 bits per heavy atom. The zero-order valence-corrected chi connectivity index (χ0v) is 10.5. The number of rotatable bonds is 4. The molecule has 1 amide bonds. The first-order chi connectivity index (χ1) is 8.44.